The second-order valence-electron chi connectivity index (χ2n) is 6.77. The van der Waals surface area contributed by atoms with Crippen LogP contribution in [0.2, 0.25) is 0 Å². The molecule has 1 aliphatic heterocycles. The SMILES string of the molecule is Cc1ccc(NC(=O)CN(C)Cc2ccc(S(=O)(=O)N3CCCC3)o2)nc1. The summed E-state index contributed by atoms with van der Waals surface area (Å²) < 4.78 is 31.9. The van der Waals surface area contributed by atoms with Gasteiger partial charge >= 0.3 is 0 Å². The zero-order chi connectivity index (χ0) is 19.4. The van der Waals surface area contributed by atoms with E-state index in [9.17, 15) is 13.2 Å². The van der Waals surface area contributed by atoms with Crippen LogP contribution in [0.25, 0.3) is 0 Å². The maximum atomic E-state index is 12.5. The van der Waals surface area contributed by atoms with Gasteiger partial charge in [0.25, 0.3) is 10.0 Å². The molecule has 0 aromatic carbocycles. The third-order valence-electron chi connectivity index (χ3n) is 4.31. The average molecular weight is 392 g/mol. The van der Waals surface area contributed by atoms with Gasteiger partial charge in [0.2, 0.25) is 11.0 Å². The van der Waals surface area contributed by atoms with Crippen molar-refractivity contribution in [1.82, 2.24) is 14.2 Å². The van der Waals surface area contributed by atoms with Gasteiger partial charge in [0.15, 0.2) is 0 Å². The summed E-state index contributed by atoms with van der Waals surface area (Å²) in [4.78, 5) is 18.0. The number of likely N-dealkylation sites (N-methyl/N-ethyl adjacent to an activating group) is 1. The van der Waals surface area contributed by atoms with E-state index in [1.165, 1.54) is 10.4 Å². The van der Waals surface area contributed by atoms with E-state index in [1.54, 1.807) is 30.3 Å². The van der Waals surface area contributed by atoms with Crippen LogP contribution in [0.15, 0.2) is 40.0 Å². The first-order chi connectivity index (χ1) is 12.8. The van der Waals surface area contributed by atoms with Crippen molar-refractivity contribution in [1.29, 1.82) is 0 Å². The number of amides is 1. The molecule has 0 atom stereocenters. The van der Waals surface area contributed by atoms with Crippen molar-refractivity contribution in [3.63, 3.8) is 0 Å². The molecule has 146 valence electrons. The Bertz CT molecular complexity index is 886. The van der Waals surface area contributed by atoms with Gasteiger partial charge in [-0.25, -0.2) is 13.4 Å². The predicted octanol–water partition coefficient (Wildman–Crippen LogP) is 1.84. The molecule has 1 saturated heterocycles. The molecule has 1 N–H and O–H groups in total. The van der Waals surface area contributed by atoms with Gasteiger partial charge < -0.3 is 9.73 Å². The summed E-state index contributed by atoms with van der Waals surface area (Å²) in [6.45, 7) is 3.44. The smallest absolute Gasteiger partial charge is 0.276 e. The first-order valence-electron chi connectivity index (χ1n) is 8.84. The molecule has 2 aromatic rings. The minimum Gasteiger partial charge on any atom is -0.447 e. The molecule has 3 rings (SSSR count). The molecule has 0 unspecified atom stereocenters. The Kier molecular flexibility index (Phi) is 5.93. The molecule has 3 heterocycles. The summed E-state index contributed by atoms with van der Waals surface area (Å²) in [6.07, 6.45) is 3.44. The van der Waals surface area contributed by atoms with Crippen molar-refractivity contribution >= 4 is 21.7 Å². The lowest BCUT2D eigenvalue weighted by molar-refractivity contribution is -0.117. The van der Waals surface area contributed by atoms with E-state index in [1.807, 2.05) is 13.0 Å². The van der Waals surface area contributed by atoms with Gasteiger partial charge in [-0.05, 0) is 50.6 Å². The zero-order valence-electron chi connectivity index (χ0n) is 15.5. The highest BCUT2D eigenvalue weighted by Crippen LogP contribution is 2.23. The summed E-state index contributed by atoms with van der Waals surface area (Å²) >= 11 is 0. The molecule has 0 aliphatic carbocycles. The van der Waals surface area contributed by atoms with Crippen molar-refractivity contribution in [2.24, 2.45) is 0 Å². The fraction of sp³-hybridized carbons (Fsp3) is 0.444. The molecule has 0 spiro atoms. The highest BCUT2D eigenvalue weighted by atomic mass is 32.2. The summed E-state index contributed by atoms with van der Waals surface area (Å²) in [7, 11) is -1.80. The summed E-state index contributed by atoms with van der Waals surface area (Å²) in [5.41, 5.74) is 1.02. The molecule has 2 aromatic heterocycles. The van der Waals surface area contributed by atoms with Crippen LogP contribution >= 0.6 is 0 Å². The van der Waals surface area contributed by atoms with Crippen molar-refractivity contribution in [2.45, 2.75) is 31.4 Å². The van der Waals surface area contributed by atoms with E-state index in [-0.39, 0.29) is 17.5 Å². The van der Waals surface area contributed by atoms with E-state index in [4.69, 9.17) is 4.42 Å². The molecular formula is C18H24N4O4S. The molecule has 1 amide bonds. The second kappa shape index (κ2) is 8.20. The Balaban J connectivity index is 1.55. The monoisotopic (exact) mass is 392 g/mol. The number of rotatable bonds is 7. The molecule has 0 bridgehead atoms. The van der Waals surface area contributed by atoms with Crippen LogP contribution in [-0.4, -0.2) is 55.2 Å². The van der Waals surface area contributed by atoms with Crippen LogP contribution in [-0.2, 0) is 21.4 Å². The van der Waals surface area contributed by atoms with Gasteiger partial charge in [-0.3, -0.25) is 9.69 Å². The highest BCUT2D eigenvalue weighted by molar-refractivity contribution is 7.89. The Hall–Kier alpha value is -2.23. The van der Waals surface area contributed by atoms with Crippen LogP contribution in [0.5, 0.6) is 0 Å². The lowest BCUT2D eigenvalue weighted by atomic mass is 10.3. The van der Waals surface area contributed by atoms with Gasteiger partial charge in [-0.2, -0.15) is 4.31 Å². The molecule has 27 heavy (non-hydrogen) atoms. The first kappa shape index (κ1) is 19.5. The fourth-order valence-corrected chi connectivity index (χ4v) is 4.37. The zero-order valence-corrected chi connectivity index (χ0v) is 16.3. The number of sulfonamides is 1. The minimum atomic E-state index is -3.56. The molecular weight excluding hydrogens is 368 g/mol. The summed E-state index contributed by atoms with van der Waals surface area (Å²) in [6, 6.07) is 6.73. The first-order valence-corrected chi connectivity index (χ1v) is 10.3. The number of nitrogens with zero attached hydrogens (tertiary/aromatic N) is 3. The lowest BCUT2D eigenvalue weighted by Crippen LogP contribution is -2.30. The summed E-state index contributed by atoms with van der Waals surface area (Å²) in [5, 5.41) is 2.69. The number of anilines is 1. The van der Waals surface area contributed by atoms with Crippen LogP contribution in [0.1, 0.15) is 24.2 Å². The number of aryl methyl sites for hydroxylation is 1. The lowest BCUT2D eigenvalue weighted by Gasteiger charge is -2.15. The largest absolute Gasteiger partial charge is 0.447 e. The van der Waals surface area contributed by atoms with E-state index in [0.717, 1.165) is 18.4 Å². The van der Waals surface area contributed by atoms with E-state index >= 15 is 0 Å². The van der Waals surface area contributed by atoms with Crippen molar-refractivity contribution in [3.05, 3.63) is 41.8 Å². The molecule has 9 heteroatoms. The van der Waals surface area contributed by atoms with Crippen LogP contribution in [0.3, 0.4) is 0 Å². The molecule has 1 fully saturated rings. The van der Waals surface area contributed by atoms with Crippen LogP contribution in [0.4, 0.5) is 5.82 Å². The second-order valence-corrected chi connectivity index (χ2v) is 8.64. The number of pyridine rings is 1. The van der Waals surface area contributed by atoms with Gasteiger partial charge in [0, 0.05) is 19.3 Å². The molecule has 0 saturated carbocycles. The number of carbonyl (C=O) groups is 1. The number of carbonyl (C=O) groups excluding carboxylic acids is 1. The van der Waals surface area contributed by atoms with E-state index < -0.39 is 10.0 Å². The Morgan fingerprint density at radius 1 is 1.26 bits per heavy atom. The Morgan fingerprint density at radius 3 is 2.67 bits per heavy atom. The predicted molar refractivity (Wildman–Crippen MR) is 101 cm³/mol. The normalized spacial score (nSPS) is 15.4. The third-order valence-corrected chi connectivity index (χ3v) is 6.09. The minimum absolute atomic E-state index is 0.0406. The van der Waals surface area contributed by atoms with Gasteiger partial charge in [-0.1, -0.05) is 6.07 Å². The number of hydrogen-bond acceptors (Lipinski definition) is 6. The van der Waals surface area contributed by atoms with Crippen molar-refractivity contribution in [2.75, 3.05) is 32.0 Å². The highest BCUT2D eigenvalue weighted by Gasteiger charge is 2.30. The standard InChI is InChI=1S/C18H24N4O4S/c1-14-5-7-16(19-11-14)20-17(23)13-21(2)12-15-6-8-18(26-15)27(24,25)22-9-3-4-10-22/h5-8,11H,3-4,9-10,12-13H2,1-2H3,(H,19,20,23). The number of nitrogens with one attached hydrogen (secondary N) is 1. The fourth-order valence-electron chi connectivity index (χ4n) is 2.93. The van der Waals surface area contributed by atoms with Gasteiger partial charge in [0.1, 0.15) is 11.6 Å². The van der Waals surface area contributed by atoms with Crippen LogP contribution < -0.4 is 5.32 Å². The molecule has 0 radical (unpaired) electrons. The molecule has 8 nitrogen and oxygen atoms in total. The topological polar surface area (TPSA) is 95.8 Å². The third kappa shape index (κ3) is 4.94. The van der Waals surface area contributed by atoms with E-state index in [0.29, 0.717) is 31.2 Å². The van der Waals surface area contributed by atoms with E-state index in [2.05, 4.69) is 10.3 Å². The van der Waals surface area contributed by atoms with Crippen molar-refractivity contribution in [3.8, 4) is 0 Å². The summed E-state index contributed by atoms with van der Waals surface area (Å²) in [5.74, 6) is 0.790. The Labute approximate surface area is 159 Å². The average Bonchev–Trinajstić information content (AvgIpc) is 3.29. The maximum Gasteiger partial charge on any atom is 0.276 e. The number of aromatic nitrogens is 1. The Morgan fingerprint density at radius 2 is 2.00 bits per heavy atom. The van der Waals surface area contributed by atoms with Gasteiger partial charge in [-0.15, -0.1) is 0 Å². The molecule has 1 aliphatic rings. The number of furan rings is 1. The quantitative estimate of drug-likeness (QED) is 0.772. The van der Waals surface area contributed by atoms with Crippen molar-refractivity contribution < 1.29 is 17.6 Å². The van der Waals surface area contributed by atoms with Crippen LogP contribution in [0, 0.1) is 6.92 Å². The number of hydrogen-bond donors (Lipinski definition) is 1. The maximum absolute atomic E-state index is 12.5. The van der Waals surface area contributed by atoms with Gasteiger partial charge in [0.05, 0.1) is 13.1 Å².